The summed E-state index contributed by atoms with van der Waals surface area (Å²) in [5.74, 6) is -0.0977. The third-order valence-corrected chi connectivity index (χ3v) is 4.76. The van der Waals surface area contributed by atoms with Crippen molar-refractivity contribution in [1.29, 1.82) is 0 Å². The van der Waals surface area contributed by atoms with Crippen LogP contribution in [-0.2, 0) is 0 Å². The van der Waals surface area contributed by atoms with Crippen molar-refractivity contribution in [2.75, 3.05) is 5.32 Å². The summed E-state index contributed by atoms with van der Waals surface area (Å²) in [6.45, 7) is 2.07. The molecule has 4 aromatic rings. The van der Waals surface area contributed by atoms with Gasteiger partial charge in [-0.15, -0.1) is 11.3 Å². The van der Waals surface area contributed by atoms with Crippen LogP contribution in [0.2, 0.25) is 0 Å². The van der Waals surface area contributed by atoms with Crippen molar-refractivity contribution in [3.63, 3.8) is 0 Å². The number of anilines is 1. The van der Waals surface area contributed by atoms with Crippen LogP contribution in [0.5, 0.6) is 0 Å². The fourth-order valence-corrected chi connectivity index (χ4v) is 3.50. The topological polar surface area (TPSA) is 42.0 Å². The van der Waals surface area contributed by atoms with Gasteiger partial charge in [0.15, 0.2) is 0 Å². The number of benzene rings is 2. The van der Waals surface area contributed by atoms with E-state index in [-0.39, 0.29) is 5.91 Å². The van der Waals surface area contributed by atoms with E-state index >= 15 is 0 Å². The number of nitrogens with one attached hydrogen (secondary N) is 1. The fourth-order valence-electron chi connectivity index (χ4n) is 2.58. The predicted octanol–water partition coefficient (Wildman–Crippen LogP) is 5.01. The van der Waals surface area contributed by atoms with Gasteiger partial charge < -0.3 is 5.32 Å². The van der Waals surface area contributed by atoms with Crippen LogP contribution in [0.1, 0.15) is 15.2 Å². The molecule has 0 unspecified atom stereocenters. The molecule has 0 spiro atoms. The van der Waals surface area contributed by atoms with Crippen molar-refractivity contribution in [2.24, 2.45) is 0 Å². The van der Waals surface area contributed by atoms with Crippen LogP contribution in [0.15, 0.2) is 60.7 Å². The average Bonchev–Trinajstić information content (AvgIpc) is 2.96. The van der Waals surface area contributed by atoms with Gasteiger partial charge in [0.25, 0.3) is 5.91 Å². The maximum Gasteiger partial charge on any atom is 0.265 e. The highest BCUT2D eigenvalue weighted by atomic mass is 32.1. The summed E-state index contributed by atoms with van der Waals surface area (Å²) in [4.78, 5) is 18.6. The van der Waals surface area contributed by atoms with Crippen molar-refractivity contribution in [3.8, 4) is 0 Å². The summed E-state index contributed by atoms with van der Waals surface area (Å²) in [6.07, 6.45) is 0. The average molecular weight is 318 g/mol. The van der Waals surface area contributed by atoms with Gasteiger partial charge in [-0.2, -0.15) is 0 Å². The SMILES string of the molecule is Cc1ccc2nc3sc(C(=O)Nc4ccccc4)cc3cc2c1. The molecule has 1 N–H and O–H groups in total. The second-order valence-electron chi connectivity index (χ2n) is 5.51. The van der Waals surface area contributed by atoms with Gasteiger partial charge in [-0.05, 0) is 43.3 Å². The number of fused-ring (bicyclic) bond motifs is 2. The largest absolute Gasteiger partial charge is 0.321 e. The molecule has 3 nitrogen and oxygen atoms in total. The highest BCUT2D eigenvalue weighted by Gasteiger charge is 2.12. The number of hydrogen-bond donors (Lipinski definition) is 1. The van der Waals surface area contributed by atoms with E-state index in [0.717, 1.165) is 26.8 Å². The molecule has 0 radical (unpaired) electrons. The Hall–Kier alpha value is -2.72. The smallest absolute Gasteiger partial charge is 0.265 e. The summed E-state index contributed by atoms with van der Waals surface area (Å²) in [5, 5.41) is 5.02. The molecule has 0 aliphatic heterocycles. The van der Waals surface area contributed by atoms with Crippen molar-refractivity contribution >= 4 is 44.1 Å². The number of pyridine rings is 1. The second-order valence-corrected chi connectivity index (χ2v) is 6.54. The number of para-hydroxylation sites is 1. The van der Waals surface area contributed by atoms with Gasteiger partial charge in [0.1, 0.15) is 4.83 Å². The molecule has 0 saturated heterocycles. The lowest BCUT2D eigenvalue weighted by Crippen LogP contribution is -2.09. The van der Waals surface area contributed by atoms with Gasteiger partial charge >= 0.3 is 0 Å². The van der Waals surface area contributed by atoms with Crippen molar-refractivity contribution in [2.45, 2.75) is 6.92 Å². The quantitative estimate of drug-likeness (QED) is 0.564. The molecule has 0 saturated carbocycles. The normalized spacial score (nSPS) is 11.0. The molecule has 0 bridgehead atoms. The first-order valence-electron chi connectivity index (χ1n) is 7.36. The van der Waals surface area contributed by atoms with Gasteiger partial charge in [-0.1, -0.05) is 29.8 Å². The van der Waals surface area contributed by atoms with Gasteiger partial charge in [-0.25, -0.2) is 4.98 Å². The number of aryl methyl sites for hydroxylation is 1. The number of thiophene rings is 1. The lowest BCUT2D eigenvalue weighted by Gasteiger charge is -2.01. The van der Waals surface area contributed by atoms with Gasteiger partial charge in [0.05, 0.1) is 10.4 Å². The van der Waals surface area contributed by atoms with E-state index in [1.54, 1.807) is 0 Å². The Balaban J connectivity index is 1.73. The Morgan fingerprint density at radius 1 is 1.00 bits per heavy atom. The van der Waals surface area contributed by atoms with Crippen LogP contribution < -0.4 is 5.32 Å². The van der Waals surface area contributed by atoms with Crippen LogP contribution in [0.25, 0.3) is 21.1 Å². The van der Waals surface area contributed by atoms with E-state index in [1.807, 2.05) is 42.5 Å². The number of nitrogens with zero attached hydrogens (tertiary/aromatic N) is 1. The number of rotatable bonds is 2. The molecule has 0 fully saturated rings. The second kappa shape index (κ2) is 5.48. The number of amides is 1. The van der Waals surface area contributed by atoms with E-state index in [9.17, 15) is 4.79 Å². The number of hydrogen-bond acceptors (Lipinski definition) is 3. The molecular formula is C19H14N2OS. The lowest BCUT2D eigenvalue weighted by molar-refractivity contribution is 0.103. The molecule has 0 aliphatic rings. The van der Waals surface area contributed by atoms with E-state index in [0.29, 0.717) is 4.88 Å². The summed E-state index contributed by atoms with van der Waals surface area (Å²) in [5.41, 5.74) is 2.96. The van der Waals surface area contributed by atoms with Gasteiger partial charge in [0.2, 0.25) is 0 Å². The van der Waals surface area contributed by atoms with Crippen molar-refractivity contribution in [3.05, 3.63) is 71.1 Å². The molecular weight excluding hydrogens is 304 g/mol. The fraction of sp³-hybridized carbons (Fsp3) is 0.0526. The van der Waals surface area contributed by atoms with Crippen LogP contribution in [0.4, 0.5) is 5.69 Å². The summed E-state index contributed by atoms with van der Waals surface area (Å²) in [6, 6.07) is 19.7. The van der Waals surface area contributed by atoms with E-state index in [4.69, 9.17) is 0 Å². The van der Waals surface area contributed by atoms with Gasteiger partial charge in [-0.3, -0.25) is 4.79 Å². The first kappa shape index (κ1) is 13.9. The molecule has 2 aromatic heterocycles. The predicted molar refractivity (Wildman–Crippen MR) is 96.3 cm³/mol. The van der Waals surface area contributed by atoms with E-state index < -0.39 is 0 Å². The van der Waals surface area contributed by atoms with E-state index in [2.05, 4.69) is 35.4 Å². The molecule has 2 aromatic carbocycles. The minimum absolute atomic E-state index is 0.0977. The summed E-state index contributed by atoms with van der Waals surface area (Å²) in [7, 11) is 0. The zero-order chi connectivity index (χ0) is 15.8. The van der Waals surface area contributed by atoms with Crippen LogP contribution in [-0.4, -0.2) is 10.9 Å². The maximum atomic E-state index is 12.4. The molecule has 2 heterocycles. The highest BCUT2D eigenvalue weighted by molar-refractivity contribution is 7.20. The maximum absolute atomic E-state index is 12.4. The first-order chi connectivity index (χ1) is 11.2. The Bertz CT molecular complexity index is 1020. The lowest BCUT2D eigenvalue weighted by atomic mass is 10.1. The van der Waals surface area contributed by atoms with Gasteiger partial charge in [0, 0.05) is 16.5 Å². The first-order valence-corrected chi connectivity index (χ1v) is 8.18. The highest BCUT2D eigenvalue weighted by Crippen LogP contribution is 2.28. The molecule has 23 heavy (non-hydrogen) atoms. The molecule has 4 heteroatoms. The Labute approximate surface area is 137 Å². The zero-order valence-corrected chi connectivity index (χ0v) is 13.4. The molecule has 0 aliphatic carbocycles. The number of carbonyl (C=O) groups excluding carboxylic acids is 1. The Morgan fingerprint density at radius 2 is 1.83 bits per heavy atom. The Kier molecular flexibility index (Phi) is 3.32. The molecule has 0 atom stereocenters. The summed E-state index contributed by atoms with van der Waals surface area (Å²) < 4.78 is 0. The Morgan fingerprint density at radius 3 is 2.65 bits per heavy atom. The minimum atomic E-state index is -0.0977. The van der Waals surface area contributed by atoms with Crippen molar-refractivity contribution < 1.29 is 4.79 Å². The van der Waals surface area contributed by atoms with Crippen molar-refractivity contribution in [1.82, 2.24) is 4.98 Å². The number of aromatic nitrogens is 1. The monoisotopic (exact) mass is 318 g/mol. The third-order valence-electron chi connectivity index (χ3n) is 3.71. The standard InChI is InChI=1S/C19H14N2OS/c1-12-7-8-16-13(9-12)10-14-11-17(23-19(14)21-16)18(22)20-15-5-3-2-4-6-15/h2-11H,1H3,(H,20,22). The molecule has 4 rings (SSSR count). The zero-order valence-electron chi connectivity index (χ0n) is 12.5. The third kappa shape index (κ3) is 2.69. The minimum Gasteiger partial charge on any atom is -0.321 e. The molecule has 112 valence electrons. The van der Waals surface area contributed by atoms with Crippen LogP contribution >= 0.6 is 11.3 Å². The van der Waals surface area contributed by atoms with Crippen LogP contribution in [0, 0.1) is 6.92 Å². The number of carbonyl (C=O) groups is 1. The summed E-state index contributed by atoms with van der Waals surface area (Å²) >= 11 is 1.42. The molecule has 1 amide bonds. The van der Waals surface area contributed by atoms with Crippen LogP contribution in [0.3, 0.4) is 0 Å². The van der Waals surface area contributed by atoms with E-state index in [1.165, 1.54) is 16.9 Å².